The lowest BCUT2D eigenvalue weighted by Crippen LogP contribution is -2.00. The van der Waals surface area contributed by atoms with Gasteiger partial charge in [-0.25, -0.2) is 8.78 Å². The number of alkyl halides is 1. The Morgan fingerprint density at radius 3 is 2.33 bits per heavy atom. The number of benzene rings is 2. The Morgan fingerprint density at radius 1 is 1.06 bits per heavy atom. The lowest BCUT2D eigenvalue weighted by Gasteiger charge is -2.15. The summed E-state index contributed by atoms with van der Waals surface area (Å²) in [5.41, 5.74) is 1.17. The summed E-state index contributed by atoms with van der Waals surface area (Å²) in [6, 6.07) is 10.6. The largest absolute Gasteiger partial charge is 0.496 e. The minimum absolute atomic E-state index is 0.320. The molecule has 1 nitrogen and oxygen atoms in total. The first kappa shape index (κ1) is 13.0. The van der Waals surface area contributed by atoms with Crippen LogP contribution >= 0.6 is 15.9 Å². The maximum Gasteiger partial charge on any atom is 0.131 e. The van der Waals surface area contributed by atoms with Gasteiger partial charge in [0.1, 0.15) is 17.4 Å². The minimum atomic E-state index is -0.380. The molecule has 2 aromatic carbocycles. The summed E-state index contributed by atoms with van der Waals surface area (Å²) >= 11 is 3.42. The standard InChI is InChI=1S/C14H11BrF2O/c1-18-12-4-2-3-11(17)13(12)14(15)9-5-7-10(16)8-6-9/h2-8,14H,1H3. The fraction of sp³-hybridized carbons (Fsp3) is 0.143. The maximum atomic E-state index is 13.9. The Bertz CT molecular complexity index is 540. The van der Waals surface area contributed by atoms with Crippen LogP contribution in [0.2, 0.25) is 0 Å². The Balaban J connectivity index is 2.45. The van der Waals surface area contributed by atoms with E-state index in [9.17, 15) is 8.78 Å². The Kier molecular flexibility index (Phi) is 3.97. The molecule has 94 valence electrons. The van der Waals surface area contributed by atoms with Crippen molar-refractivity contribution in [1.29, 1.82) is 0 Å². The molecule has 0 aliphatic carbocycles. The van der Waals surface area contributed by atoms with Crippen molar-refractivity contribution >= 4 is 15.9 Å². The summed E-state index contributed by atoms with van der Waals surface area (Å²) in [7, 11) is 1.49. The summed E-state index contributed by atoms with van der Waals surface area (Å²) < 4.78 is 31.9. The first-order valence-electron chi connectivity index (χ1n) is 5.35. The van der Waals surface area contributed by atoms with Crippen molar-refractivity contribution in [2.24, 2.45) is 0 Å². The van der Waals surface area contributed by atoms with E-state index in [1.165, 1.54) is 25.3 Å². The summed E-state index contributed by atoms with van der Waals surface area (Å²) in [5.74, 6) is -0.222. The van der Waals surface area contributed by atoms with Crippen LogP contribution in [0, 0.1) is 11.6 Å². The molecule has 4 heteroatoms. The molecule has 0 radical (unpaired) electrons. The van der Waals surface area contributed by atoms with E-state index in [4.69, 9.17) is 4.74 Å². The van der Waals surface area contributed by atoms with Crippen molar-refractivity contribution in [3.63, 3.8) is 0 Å². The van der Waals surface area contributed by atoms with Gasteiger partial charge in [-0.05, 0) is 29.8 Å². The zero-order valence-electron chi connectivity index (χ0n) is 9.66. The van der Waals surface area contributed by atoms with E-state index < -0.39 is 0 Å². The molecule has 0 fully saturated rings. The molecule has 0 heterocycles. The van der Waals surface area contributed by atoms with Gasteiger partial charge < -0.3 is 4.74 Å². The van der Waals surface area contributed by atoms with Crippen LogP contribution in [-0.2, 0) is 0 Å². The van der Waals surface area contributed by atoms with Crippen LogP contribution in [0.3, 0.4) is 0 Å². The number of hydrogen-bond donors (Lipinski definition) is 0. The first-order valence-corrected chi connectivity index (χ1v) is 6.27. The highest BCUT2D eigenvalue weighted by molar-refractivity contribution is 9.09. The van der Waals surface area contributed by atoms with Crippen LogP contribution in [0.1, 0.15) is 16.0 Å². The first-order chi connectivity index (χ1) is 8.63. The summed E-state index contributed by atoms with van der Waals surface area (Å²) in [5, 5.41) is 0. The van der Waals surface area contributed by atoms with E-state index >= 15 is 0 Å². The van der Waals surface area contributed by atoms with E-state index in [0.717, 1.165) is 5.56 Å². The van der Waals surface area contributed by atoms with Crippen LogP contribution in [0.4, 0.5) is 8.78 Å². The highest BCUT2D eigenvalue weighted by atomic mass is 79.9. The number of methoxy groups -OCH3 is 1. The van der Waals surface area contributed by atoms with Crippen LogP contribution in [0.5, 0.6) is 5.75 Å². The molecule has 0 saturated heterocycles. The fourth-order valence-electron chi connectivity index (χ4n) is 1.74. The molecule has 0 aromatic heterocycles. The van der Waals surface area contributed by atoms with Crippen LogP contribution < -0.4 is 4.74 Å². The van der Waals surface area contributed by atoms with Crippen LogP contribution in [-0.4, -0.2) is 7.11 Å². The van der Waals surface area contributed by atoms with Gasteiger partial charge in [0.25, 0.3) is 0 Å². The van der Waals surface area contributed by atoms with Gasteiger partial charge in [0, 0.05) is 5.56 Å². The quantitative estimate of drug-likeness (QED) is 0.760. The maximum absolute atomic E-state index is 13.9. The van der Waals surface area contributed by atoms with E-state index in [1.807, 2.05) is 0 Å². The van der Waals surface area contributed by atoms with Crippen molar-refractivity contribution < 1.29 is 13.5 Å². The van der Waals surface area contributed by atoms with Gasteiger partial charge in [-0.2, -0.15) is 0 Å². The number of halogens is 3. The second-order valence-electron chi connectivity index (χ2n) is 3.77. The summed E-state index contributed by atoms with van der Waals surface area (Å²) in [4.78, 5) is -0.380. The van der Waals surface area contributed by atoms with Gasteiger partial charge in [-0.3, -0.25) is 0 Å². The summed E-state index contributed by atoms with van der Waals surface area (Å²) in [6.07, 6.45) is 0. The molecule has 1 atom stereocenters. The number of hydrogen-bond acceptors (Lipinski definition) is 1. The van der Waals surface area contributed by atoms with E-state index in [-0.39, 0.29) is 16.5 Å². The average molecular weight is 313 g/mol. The molecule has 0 aliphatic heterocycles. The van der Waals surface area contributed by atoms with Crippen LogP contribution in [0.15, 0.2) is 42.5 Å². The summed E-state index contributed by atoms with van der Waals surface area (Å²) in [6.45, 7) is 0. The molecule has 0 N–H and O–H groups in total. The number of ether oxygens (including phenoxy) is 1. The predicted molar refractivity (Wildman–Crippen MR) is 70.1 cm³/mol. The third-order valence-electron chi connectivity index (χ3n) is 2.65. The number of rotatable bonds is 3. The van der Waals surface area contributed by atoms with Crippen LogP contribution in [0.25, 0.3) is 0 Å². The van der Waals surface area contributed by atoms with Gasteiger partial charge in [0.15, 0.2) is 0 Å². The predicted octanol–water partition coefficient (Wildman–Crippen LogP) is 4.46. The molecule has 0 bridgehead atoms. The highest BCUT2D eigenvalue weighted by Gasteiger charge is 2.19. The van der Waals surface area contributed by atoms with E-state index in [2.05, 4.69) is 15.9 Å². The molecule has 0 aliphatic rings. The van der Waals surface area contributed by atoms with Gasteiger partial charge in [0.2, 0.25) is 0 Å². The molecule has 2 aromatic rings. The van der Waals surface area contributed by atoms with E-state index in [0.29, 0.717) is 11.3 Å². The molecule has 0 saturated carbocycles. The van der Waals surface area contributed by atoms with Crippen molar-refractivity contribution in [1.82, 2.24) is 0 Å². The van der Waals surface area contributed by atoms with Gasteiger partial charge in [-0.15, -0.1) is 0 Å². The molecule has 0 spiro atoms. The molecule has 2 rings (SSSR count). The minimum Gasteiger partial charge on any atom is -0.496 e. The zero-order valence-corrected chi connectivity index (χ0v) is 11.2. The lowest BCUT2D eigenvalue weighted by molar-refractivity contribution is 0.405. The van der Waals surface area contributed by atoms with Gasteiger partial charge in [0.05, 0.1) is 11.9 Å². The molecule has 1 unspecified atom stereocenters. The Labute approximate surface area is 113 Å². The smallest absolute Gasteiger partial charge is 0.131 e. The van der Waals surface area contributed by atoms with Gasteiger partial charge in [-0.1, -0.05) is 34.1 Å². The normalized spacial score (nSPS) is 12.2. The van der Waals surface area contributed by atoms with E-state index in [1.54, 1.807) is 24.3 Å². The average Bonchev–Trinajstić information content (AvgIpc) is 2.38. The third-order valence-corrected chi connectivity index (χ3v) is 3.64. The fourth-order valence-corrected chi connectivity index (χ4v) is 2.49. The second kappa shape index (κ2) is 5.48. The molecular formula is C14H11BrF2O. The zero-order chi connectivity index (χ0) is 13.1. The van der Waals surface area contributed by atoms with Crippen molar-refractivity contribution in [3.8, 4) is 5.75 Å². The second-order valence-corrected chi connectivity index (χ2v) is 4.69. The lowest BCUT2D eigenvalue weighted by atomic mass is 10.0. The monoisotopic (exact) mass is 312 g/mol. The molecule has 18 heavy (non-hydrogen) atoms. The van der Waals surface area contributed by atoms with Crippen molar-refractivity contribution in [3.05, 3.63) is 65.2 Å². The Morgan fingerprint density at radius 2 is 1.72 bits per heavy atom. The topological polar surface area (TPSA) is 9.23 Å². The SMILES string of the molecule is COc1cccc(F)c1C(Br)c1ccc(F)cc1. The van der Waals surface area contributed by atoms with Crippen molar-refractivity contribution in [2.45, 2.75) is 4.83 Å². The van der Waals surface area contributed by atoms with Gasteiger partial charge >= 0.3 is 0 Å². The Hall–Kier alpha value is -1.42. The van der Waals surface area contributed by atoms with Crippen molar-refractivity contribution in [2.75, 3.05) is 7.11 Å². The highest BCUT2D eigenvalue weighted by Crippen LogP contribution is 2.38. The molecular weight excluding hydrogens is 302 g/mol. The third kappa shape index (κ3) is 2.53. The molecule has 0 amide bonds.